The Balaban J connectivity index is 1.99. The lowest BCUT2D eigenvalue weighted by Crippen LogP contribution is -2.51. The number of H-pyrrole nitrogens is 1. The molecule has 3 aromatic rings. The number of methoxy groups -OCH3 is 1. The van der Waals surface area contributed by atoms with Crippen molar-refractivity contribution in [2.75, 3.05) is 7.11 Å². The first kappa shape index (κ1) is 23.6. The van der Waals surface area contributed by atoms with Gasteiger partial charge in [-0.05, 0) is 54.3 Å². The number of primary amides is 1. The average molecular weight is 452 g/mol. The molecule has 4 N–H and O–H groups in total. The number of fused-ring (bicyclic) bond motifs is 1. The third-order valence-corrected chi connectivity index (χ3v) is 5.60. The molecule has 0 aliphatic carbocycles. The molecule has 172 valence electrons. The van der Waals surface area contributed by atoms with Crippen LogP contribution in [0.4, 0.5) is 17.6 Å². The molecule has 1 heterocycles. The van der Waals surface area contributed by atoms with Gasteiger partial charge < -0.3 is 20.6 Å². The Hall–Kier alpha value is -3.07. The van der Waals surface area contributed by atoms with E-state index in [4.69, 9.17) is 10.5 Å². The highest BCUT2D eigenvalue weighted by atomic mass is 19.4. The lowest BCUT2D eigenvalue weighted by Gasteiger charge is -2.38. The number of amides is 1. The summed E-state index contributed by atoms with van der Waals surface area (Å²) >= 11 is 0. The number of hydrogen-bond donors (Lipinski definition) is 3. The maximum absolute atomic E-state index is 14.1. The average Bonchev–Trinajstić information content (AvgIpc) is 3.07. The van der Waals surface area contributed by atoms with Crippen molar-refractivity contribution in [3.8, 4) is 5.75 Å². The van der Waals surface area contributed by atoms with Gasteiger partial charge in [0.1, 0.15) is 11.6 Å². The topological polar surface area (TPSA) is 88.3 Å². The number of benzene rings is 2. The third-order valence-electron chi connectivity index (χ3n) is 5.60. The molecule has 1 amide bonds. The van der Waals surface area contributed by atoms with Gasteiger partial charge >= 0.3 is 6.18 Å². The number of nitrogens with two attached hydrogens (primary N) is 1. The van der Waals surface area contributed by atoms with E-state index in [1.165, 1.54) is 51.3 Å². The van der Waals surface area contributed by atoms with Crippen molar-refractivity contribution in [1.29, 1.82) is 0 Å². The van der Waals surface area contributed by atoms with Crippen molar-refractivity contribution in [2.24, 2.45) is 5.73 Å². The van der Waals surface area contributed by atoms with Gasteiger partial charge in [0.25, 0.3) is 0 Å². The smallest absolute Gasteiger partial charge is 0.417 e. The predicted molar refractivity (Wildman–Crippen MR) is 112 cm³/mol. The van der Waals surface area contributed by atoms with E-state index in [0.717, 1.165) is 12.1 Å². The number of hydrogen-bond acceptors (Lipinski definition) is 3. The van der Waals surface area contributed by atoms with Gasteiger partial charge in [-0.2, -0.15) is 13.2 Å². The van der Waals surface area contributed by atoms with Gasteiger partial charge in [0, 0.05) is 34.1 Å². The van der Waals surface area contributed by atoms with Crippen LogP contribution in [0.2, 0.25) is 0 Å². The zero-order chi connectivity index (χ0) is 23.9. The summed E-state index contributed by atoms with van der Waals surface area (Å²) in [5, 5.41) is 11.3. The minimum Gasteiger partial charge on any atom is -0.496 e. The summed E-state index contributed by atoms with van der Waals surface area (Å²) in [5.74, 6) is -1.05. The number of ether oxygens (including phenoxy) is 1. The molecule has 1 atom stereocenters. The molecule has 5 nitrogen and oxygen atoms in total. The van der Waals surface area contributed by atoms with E-state index < -0.39 is 41.8 Å². The van der Waals surface area contributed by atoms with E-state index in [0.29, 0.717) is 10.9 Å². The maximum atomic E-state index is 14.1. The highest BCUT2D eigenvalue weighted by molar-refractivity contribution is 5.97. The van der Waals surface area contributed by atoms with E-state index >= 15 is 0 Å². The second-order valence-electron chi connectivity index (χ2n) is 8.57. The molecule has 0 radical (unpaired) electrons. The predicted octanol–water partition coefficient (Wildman–Crippen LogP) is 4.62. The lowest BCUT2D eigenvalue weighted by molar-refractivity contribution is -0.266. The van der Waals surface area contributed by atoms with Crippen molar-refractivity contribution in [3.63, 3.8) is 0 Å². The van der Waals surface area contributed by atoms with Crippen LogP contribution in [0, 0.1) is 5.82 Å². The van der Waals surface area contributed by atoms with Crippen LogP contribution in [0.15, 0.2) is 42.5 Å². The van der Waals surface area contributed by atoms with Crippen LogP contribution in [-0.4, -0.2) is 34.9 Å². The van der Waals surface area contributed by atoms with Crippen LogP contribution < -0.4 is 10.5 Å². The lowest BCUT2D eigenvalue weighted by atomic mass is 9.73. The Morgan fingerprint density at radius 2 is 1.81 bits per heavy atom. The number of nitrogens with one attached hydrogen (secondary N) is 1. The molecule has 32 heavy (non-hydrogen) atoms. The van der Waals surface area contributed by atoms with Crippen molar-refractivity contribution in [1.82, 2.24) is 4.98 Å². The summed E-state index contributed by atoms with van der Waals surface area (Å²) in [6, 6.07) is 9.50. The number of aliphatic hydroxyl groups is 1. The number of aromatic amines is 1. The fourth-order valence-electron chi connectivity index (χ4n) is 4.05. The molecule has 3 rings (SSSR count). The van der Waals surface area contributed by atoms with Crippen LogP contribution in [0.25, 0.3) is 10.9 Å². The van der Waals surface area contributed by atoms with E-state index in [-0.39, 0.29) is 22.6 Å². The molecular formula is C23H24F4N2O3. The van der Waals surface area contributed by atoms with E-state index in [2.05, 4.69) is 4.98 Å². The molecule has 1 aromatic heterocycles. The fraction of sp³-hybridized carbons (Fsp3) is 0.348. The van der Waals surface area contributed by atoms with Crippen LogP contribution in [-0.2, 0) is 11.8 Å². The molecule has 0 aliphatic rings. The first-order valence-electron chi connectivity index (χ1n) is 9.80. The SMILES string of the molecule is COc1ccc(F)cc1C(C)(C)CC(O)(Cc1cc2cc(C(N)=O)ccc2[nH]1)C(F)(F)F. The second kappa shape index (κ2) is 8.12. The Kier molecular flexibility index (Phi) is 5.99. The molecule has 0 saturated heterocycles. The Bertz CT molecular complexity index is 1150. The Morgan fingerprint density at radius 3 is 2.41 bits per heavy atom. The molecular weight excluding hydrogens is 428 g/mol. The Morgan fingerprint density at radius 1 is 1.12 bits per heavy atom. The van der Waals surface area contributed by atoms with Gasteiger partial charge in [-0.3, -0.25) is 4.79 Å². The molecule has 0 spiro atoms. The molecule has 2 aromatic carbocycles. The van der Waals surface area contributed by atoms with Crippen LogP contribution in [0.1, 0.15) is 41.9 Å². The van der Waals surface area contributed by atoms with Crippen LogP contribution in [0.3, 0.4) is 0 Å². The zero-order valence-electron chi connectivity index (χ0n) is 17.8. The highest BCUT2D eigenvalue weighted by Crippen LogP contribution is 2.45. The number of carbonyl (C=O) groups is 1. The van der Waals surface area contributed by atoms with E-state index in [1.807, 2.05) is 0 Å². The molecule has 9 heteroatoms. The third kappa shape index (κ3) is 4.57. The van der Waals surface area contributed by atoms with Crippen LogP contribution >= 0.6 is 0 Å². The molecule has 0 bridgehead atoms. The van der Waals surface area contributed by atoms with Gasteiger partial charge in [0.2, 0.25) is 5.91 Å². The van der Waals surface area contributed by atoms with Gasteiger partial charge in [-0.1, -0.05) is 13.8 Å². The van der Waals surface area contributed by atoms with Crippen molar-refractivity contribution < 1.29 is 32.2 Å². The Labute approximate surface area is 182 Å². The molecule has 1 unspecified atom stereocenters. The number of rotatable bonds is 7. The standard InChI is InChI=1S/C23H24F4N2O3/c1-21(2,17-10-15(24)5-7-19(17)32-3)12-22(31,23(25,26)27)11-16-9-14-8-13(20(28)30)4-6-18(14)29-16/h4-10,29,31H,11-12H2,1-3H3,(H2,28,30). The highest BCUT2D eigenvalue weighted by Gasteiger charge is 2.56. The largest absolute Gasteiger partial charge is 0.496 e. The van der Waals surface area contributed by atoms with Gasteiger partial charge in [0.15, 0.2) is 5.60 Å². The number of aromatic nitrogens is 1. The summed E-state index contributed by atoms with van der Waals surface area (Å²) < 4.78 is 61.3. The molecule has 0 fully saturated rings. The van der Waals surface area contributed by atoms with Crippen molar-refractivity contribution in [2.45, 2.75) is 43.9 Å². The first-order chi connectivity index (χ1) is 14.8. The molecule has 0 saturated carbocycles. The van der Waals surface area contributed by atoms with E-state index in [1.54, 1.807) is 0 Å². The second-order valence-corrected chi connectivity index (χ2v) is 8.57. The summed E-state index contributed by atoms with van der Waals surface area (Å²) in [7, 11) is 1.34. The van der Waals surface area contributed by atoms with Gasteiger partial charge in [-0.25, -0.2) is 4.39 Å². The zero-order valence-corrected chi connectivity index (χ0v) is 17.8. The summed E-state index contributed by atoms with van der Waals surface area (Å²) in [5.41, 5.74) is 1.90. The maximum Gasteiger partial charge on any atom is 0.417 e. The summed E-state index contributed by atoms with van der Waals surface area (Å²) in [6.07, 6.45) is -6.48. The van der Waals surface area contributed by atoms with Gasteiger partial charge in [-0.15, -0.1) is 0 Å². The van der Waals surface area contributed by atoms with Crippen LogP contribution in [0.5, 0.6) is 5.75 Å². The summed E-state index contributed by atoms with van der Waals surface area (Å²) in [4.78, 5) is 14.2. The normalized spacial score (nSPS) is 14.4. The molecule has 0 aliphatic heterocycles. The quantitative estimate of drug-likeness (QED) is 0.457. The summed E-state index contributed by atoms with van der Waals surface area (Å²) in [6.45, 7) is 2.98. The number of alkyl halides is 3. The minimum absolute atomic E-state index is 0.128. The minimum atomic E-state index is -4.97. The monoisotopic (exact) mass is 452 g/mol. The van der Waals surface area contributed by atoms with E-state index in [9.17, 15) is 27.5 Å². The fourth-order valence-corrected chi connectivity index (χ4v) is 4.05. The van der Waals surface area contributed by atoms with Crippen molar-refractivity contribution in [3.05, 3.63) is 65.1 Å². The number of carbonyl (C=O) groups excluding carboxylic acids is 1. The van der Waals surface area contributed by atoms with Crippen molar-refractivity contribution >= 4 is 16.8 Å². The first-order valence-corrected chi connectivity index (χ1v) is 9.80. The number of halogens is 4. The van der Waals surface area contributed by atoms with Gasteiger partial charge in [0.05, 0.1) is 7.11 Å².